The number of imidazole rings is 1. The summed E-state index contributed by atoms with van der Waals surface area (Å²) in [4.78, 5) is 28.1. The quantitative estimate of drug-likeness (QED) is 0.525. The number of sulfonamides is 1. The molecule has 0 spiro atoms. The maximum absolute atomic E-state index is 12.7. The van der Waals surface area contributed by atoms with Crippen LogP contribution in [0.3, 0.4) is 0 Å². The lowest BCUT2D eigenvalue weighted by Crippen LogP contribution is -2.42. The molecule has 10 heteroatoms. The van der Waals surface area contributed by atoms with Crippen LogP contribution in [-0.2, 0) is 31.4 Å². The fraction of sp³-hybridized carbons (Fsp3) is 0.588. The maximum atomic E-state index is 12.7. The van der Waals surface area contributed by atoms with Crippen LogP contribution in [0.4, 0.5) is 0 Å². The van der Waals surface area contributed by atoms with Crippen LogP contribution in [0.25, 0.3) is 0 Å². The Hall–Kier alpha value is -2.20. The molecule has 1 unspecified atom stereocenters. The molecule has 1 saturated heterocycles. The second-order valence-electron chi connectivity index (χ2n) is 6.53. The summed E-state index contributed by atoms with van der Waals surface area (Å²) in [7, 11) is -1.95. The fourth-order valence-electron chi connectivity index (χ4n) is 2.76. The summed E-state index contributed by atoms with van der Waals surface area (Å²) in [5.41, 5.74) is 0. The third kappa shape index (κ3) is 4.95. The number of nitrogens with zero attached hydrogens (tertiary/aromatic N) is 3. The van der Waals surface area contributed by atoms with Crippen molar-refractivity contribution in [3.8, 4) is 0 Å². The number of piperidine rings is 1. The first-order valence-corrected chi connectivity index (χ1v) is 10.2. The van der Waals surface area contributed by atoms with Gasteiger partial charge in [-0.15, -0.1) is 6.58 Å². The molecular formula is C17H26N4O5S. The molecular weight excluding hydrogens is 372 g/mol. The normalized spacial score (nSPS) is 17.3. The number of amides is 1. The predicted octanol–water partition coefficient (Wildman–Crippen LogP) is 0.363. The van der Waals surface area contributed by atoms with E-state index in [4.69, 9.17) is 4.74 Å². The zero-order valence-electron chi connectivity index (χ0n) is 15.8. The molecule has 2 rings (SSSR count). The first-order chi connectivity index (χ1) is 12.7. The van der Waals surface area contributed by atoms with E-state index in [2.05, 4.69) is 16.9 Å². The standard InChI is InChI=1S/C17H26N4O5S/c1-5-8-18-16(22)12(2)26-17(23)14-6-9-21(10-7-14)27(24,25)15-11-20(4)13(3)19-15/h5,11-12,14H,1,6-10H2,2-4H3,(H,18,22). The molecule has 0 aromatic carbocycles. The summed E-state index contributed by atoms with van der Waals surface area (Å²) in [6.07, 6.45) is 2.78. The van der Waals surface area contributed by atoms with Crippen LogP contribution < -0.4 is 5.32 Å². The second kappa shape index (κ2) is 8.66. The molecule has 0 radical (unpaired) electrons. The Morgan fingerprint density at radius 2 is 2.07 bits per heavy atom. The van der Waals surface area contributed by atoms with E-state index in [0.29, 0.717) is 25.2 Å². The third-order valence-electron chi connectivity index (χ3n) is 4.56. The van der Waals surface area contributed by atoms with Crippen LogP contribution in [-0.4, -0.2) is 59.9 Å². The summed E-state index contributed by atoms with van der Waals surface area (Å²) in [6.45, 7) is 7.43. The lowest BCUT2D eigenvalue weighted by molar-refractivity contribution is -0.159. The molecule has 150 valence electrons. The van der Waals surface area contributed by atoms with Crippen molar-refractivity contribution >= 4 is 21.9 Å². The van der Waals surface area contributed by atoms with Crippen LogP contribution in [0, 0.1) is 12.8 Å². The van der Waals surface area contributed by atoms with Gasteiger partial charge in [0.05, 0.1) is 5.92 Å². The summed E-state index contributed by atoms with van der Waals surface area (Å²) < 4.78 is 33.5. The van der Waals surface area contributed by atoms with Gasteiger partial charge in [-0.25, -0.2) is 13.4 Å². The van der Waals surface area contributed by atoms with Gasteiger partial charge in [-0.1, -0.05) is 6.08 Å². The topological polar surface area (TPSA) is 111 Å². The van der Waals surface area contributed by atoms with Crippen molar-refractivity contribution in [2.45, 2.75) is 37.8 Å². The number of aryl methyl sites for hydroxylation is 2. The van der Waals surface area contributed by atoms with Gasteiger partial charge in [0, 0.05) is 32.9 Å². The van der Waals surface area contributed by atoms with Crippen molar-refractivity contribution in [2.75, 3.05) is 19.6 Å². The van der Waals surface area contributed by atoms with E-state index in [9.17, 15) is 18.0 Å². The number of carbonyl (C=O) groups excluding carboxylic acids is 2. The van der Waals surface area contributed by atoms with Crippen molar-refractivity contribution in [2.24, 2.45) is 13.0 Å². The molecule has 1 aliphatic heterocycles. The minimum Gasteiger partial charge on any atom is -0.452 e. The molecule has 1 fully saturated rings. The molecule has 2 heterocycles. The van der Waals surface area contributed by atoms with E-state index >= 15 is 0 Å². The third-order valence-corrected chi connectivity index (χ3v) is 6.33. The number of hydrogen-bond acceptors (Lipinski definition) is 6. The number of aromatic nitrogens is 2. The largest absolute Gasteiger partial charge is 0.452 e. The van der Waals surface area contributed by atoms with E-state index in [0.717, 1.165) is 0 Å². The highest BCUT2D eigenvalue weighted by Gasteiger charge is 2.35. The van der Waals surface area contributed by atoms with Gasteiger partial charge in [0.25, 0.3) is 15.9 Å². The minimum atomic E-state index is -3.68. The average Bonchev–Trinajstić information content (AvgIpc) is 2.99. The van der Waals surface area contributed by atoms with Gasteiger partial charge in [-0.2, -0.15) is 4.31 Å². The highest BCUT2D eigenvalue weighted by Crippen LogP contribution is 2.24. The lowest BCUT2D eigenvalue weighted by Gasteiger charge is -2.30. The zero-order chi connectivity index (χ0) is 20.2. The minimum absolute atomic E-state index is 0.0102. The van der Waals surface area contributed by atoms with Crippen LogP contribution in [0.5, 0.6) is 0 Å². The molecule has 1 amide bonds. The SMILES string of the molecule is C=CCNC(=O)C(C)OC(=O)C1CCN(S(=O)(=O)c2cn(C)c(C)n2)CC1. The Morgan fingerprint density at radius 3 is 2.59 bits per heavy atom. The summed E-state index contributed by atoms with van der Waals surface area (Å²) in [5.74, 6) is -0.705. The average molecular weight is 398 g/mol. The van der Waals surface area contributed by atoms with Crippen LogP contribution in [0.2, 0.25) is 0 Å². The van der Waals surface area contributed by atoms with Crippen LogP contribution in [0.15, 0.2) is 23.9 Å². The van der Waals surface area contributed by atoms with E-state index in [1.54, 1.807) is 18.5 Å². The molecule has 9 nitrogen and oxygen atoms in total. The van der Waals surface area contributed by atoms with Gasteiger partial charge in [0.15, 0.2) is 11.1 Å². The molecule has 0 bridgehead atoms. The molecule has 1 atom stereocenters. The Kier molecular flexibility index (Phi) is 6.77. The highest BCUT2D eigenvalue weighted by atomic mass is 32.2. The highest BCUT2D eigenvalue weighted by molar-refractivity contribution is 7.89. The predicted molar refractivity (Wildman–Crippen MR) is 98.2 cm³/mol. The molecule has 1 N–H and O–H groups in total. The van der Waals surface area contributed by atoms with Crippen LogP contribution >= 0.6 is 0 Å². The van der Waals surface area contributed by atoms with Crippen molar-refractivity contribution < 1.29 is 22.7 Å². The van der Waals surface area contributed by atoms with E-state index < -0.39 is 33.9 Å². The van der Waals surface area contributed by atoms with E-state index in [1.807, 2.05) is 0 Å². The van der Waals surface area contributed by atoms with Crippen molar-refractivity contribution in [3.05, 3.63) is 24.7 Å². The van der Waals surface area contributed by atoms with Crippen molar-refractivity contribution in [3.63, 3.8) is 0 Å². The molecule has 27 heavy (non-hydrogen) atoms. The molecule has 0 saturated carbocycles. The smallest absolute Gasteiger partial charge is 0.309 e. The Labute approximate surface area is 159 Å². The first kappa shape index (κ1) is 21.1. The lowest BCUT2D eigenvalue weighted by atomic mass is 9.98. The van der Waals surface area contributed by atoms with Crippen molar-refractivity contribution in [1.82, 2.24) is 19.2 Å². The van der Waals surface area contributed by atoms with Gasteiger partial charge in [0.1, 0.15) is 5.82 Å². The summed E-state index contributed by atoms with van der Waals surface area (Å²) in [5, 5.41) is 2.57. The maximum Gasteiger partial charge on any atom is 0.309 e. The molecule has 1 aromatic heterocycles. The number of nitrogens with one attached hydrogen (secondary N) is 1. The first-order valence-electron chi connectivity index (χ1n) is 8.76. The van der Waals surface area contributed by atoms with Crippen molar-refractivity contribution in [1.29, 1.82) is 0 Å². The number of rotatable bonds is 7. The van der Waals surface area contributed by atoms with E-state index in [1.165, 1.54) is 23.5 Å². The van der Waals surface area contributed by atoms with E-state index in [-0.39, 0.29) is 18.1 Å². The Morgan fingerprint density at radius 1 is 1.44 bits per heavy atom. The molecule has 0 aliphatic carbocycles. The number of ether oxygens (including phenoxy) is 1. The zero-order valence-corrected chi connectivity index (χ0v) is 16.7. The monoisotopic (exact) mass is 398 g/mol. The summed E-state index contributed by atoms with van der Waals surface area (Å²) in [6, 6.07) is 0. The Bertz CT molecular complexity index is 790. The van der Waals surface area contributed by atoms with Gasteiger partial charge in [0.2, 0.25) is 0 Å². The second-order valence-corrected chi connectivity index (χ2v) is 8.41. The van der Waals surface area contributed by atoms with Gasteiger partial charge in [-0.05, 0) is 26.7 Å². The Balaban J connectivity index is 1.91. The van der Waals surface area contributed by atoms with Gasteiger partial charge < -0.3 is 14.6 Å². The number of esters is 1. The molecule has 1 aromatic rings. The molecule has 1 aliphatic rings. The number of carbonyl (C=O) groups is 2. The summed E-state index contributed by atoms with van der Waals surface area (Å²) >= 11 is 0. The van der Waals surface area contributed by atoms with Gasteiger partial charge >= 0.3 is 5.97 Å². The fourth-order valence-corrected chi connectivity index (χ4v) is 4.25. The van der Waals surface area contributed by atoms with Crippen LogP contribution in [0.1, 0.15) is 25.6 Å². The number of hydrogen-bond donors (Lipinski definition) is 1. The van der Waals surface area contributed by atoms with Gasteiger partial charge in [-0.3, -0.25) is 9.59 Å².